The van der Waals surface area contributed by atoms with Crippen molar-refractivity contribution < 1.29 is 9.53 Å². The molecule has 1 aliphatic heterocycles. The number of H-pyrrole nitrogens is 1. The van der Waals surface area contributed by atoms with Crippen molar-refractivity contribution in [2.45, 2.75) is 25.8 Å². The Hall–Kier alpha value is -3.27. The van der Waals surface area contributed by atoms with E-state index in [0.717, 1.165) is 24.3 Å². The van der Waals surface area contributed by atoms with Crippen LogP contribution in [0.2, 0.25) is 0 Å². The van der Waals surface area contributed by atoms with Gasteiger partial charge in [-0.3, -0.25) is 9.59 Å². The van der Waals surface area contributed by atoms with Crippen molar-refractivity contribution >= 4 is 11.6 Å². The van der Waals surface area contributed by atoms with Gasteiger partial charge in [-0.2, -0.15) is 5.26 Å². The molecule has 2 aromatic rings. The molecule has 7 heteroatoms. The maximum Gasteiger partial charge on any atom is 0.266 e. The van der Waals surface area contributed by atoms with Gasteiger partial charge in [-0.15, -0.1) is 0 Å². The molecule has 7 nitrogen and oxygen atoms in total. The Kier molecular flexibility index (Phi) is 5.46. The van der Waals surface area contributed by atoms with E-state index in [1.807, 2.05) is 30.3 Å². The molecule has 0 radical (unpaired) electrons. The van der Waals surface area contributed by atoms with Gasteiger partial charge in [0.25, 0.3) is 11.5 Å². The number of benzene rings is 1. The van der Waals surface area contributed by atoms with Crippen LogP contribution >= 0.6 is 0 Å². The third-order valence-electron chi connectivity index (χ3n) is 4.76. The number of pyridine rings is 1. The van der Waals surface area contributed by atoms with E-state index < -0.39 is 5.56 Å². The number of methoxy groups -OCH3 is 1. The Morgan fingerprint density at radius 2 is 2.11 bits per heavy atom. The molecule has 0 saturated carbocycles. The molecule has 0 bridgehead atoms. The minimum absolute atomic E-state index is 0.0473. The molecular weight excluding hydrogens is 344 g/mol. The van der Waals surface area contributed by atoms with Gasteiger partial charge >= 0.3 is 0 Å². The molecule has 1 saturated heterocycles. The van der Waals surface area contributed by atoms with Gasteiger partial charge < -0.3 is 19.9 Å². The molecule has 0 aliphatic carbocycles. The monoisotopic (exact) mass is 366 g/mol. The molecule has 1 atom stereocenters. The average Bonchev–Trinajstić information content (AvgIpc) is 2.68. The van der Waals surface area contributed by atoms with Gasteiger partial charge in [0, 0.05) is 30.5 Å². The number of likely N-dealkylation sites (tertiary alicyclic amines) is 1. The number of hydrogen-bond donors (Lipinski definition) is 2. The molecule has 140 valence electrons. The maximum atomic E-state index is 12.9. The van der Waals surface area contributed by atoms with E-state index in [1.54, 1.807) is 18.9 Å². The summed E-state index contributed by atoms with van der Waals surface area (Å²) in [5.41, 5.74) is 1.31. The van der Waals surface area contributed by atoms with Gasteiger partial charge in [0.05, 0.1) is 12.7 Å². The number of piperidine rings is 1. The van der Waals surface area contributed by atoms with Gasteiger partial charge in [0.1, 0.15) is 17.4 Å². The summed E-state index contributed by atoms with van der Waals surface area (Å²) in [7, 11) is 1.63. The molecule has 27 heavy (non-hydrogen) atoms. The van der Waals surface area contributed by atoms with Crippen LogP contribution in [0.1, 0.15) is 34.5 Å². The molecule has 1 aromatic carbocycles. The third kappa shape index (κ3) is 4.11. The maximum absolute atomic E-state index is 12.9. The number of ether oxygens (including phenoxy) is 1. The highest BCUT2D eigenvalue weighted by Gasteiger charge is 2.26. The normalized spacial score (nSPS) is 16.5. The van der Waals surface area contributed by atoms with Crippen molar-refractivity contribution in [3.63, 3.8) is 0 Å². The van der Waals surface area contributed by atoms with E-state index >= 15 is 0 Å². The highest BCUT2D eigenvalue weighted by Crippen LogP contribution is 2.21. The zero-order chi connectivity index (χ0) is 19.4. The summed E-state index contributed by atoms with van der Waals surface area (Å²) >= 11 is 0. The van der Waals surface area contributed by atoms with Crippen molar-refractivity contribution in [2.24, 2.45) is 0 Å². The van der Waals surface area contributed by atoms with Gasteiger partial charge in [-0.25, -0.2) is 0 Å². The predicted molar refractivity (Wildman–Crippen MR) is 102 cm³/mol. The number of aromatic nitrogens is 1. The number of aromatic amines is 1. The van der Waals surface area contributed by atoms with E-state index in [2.05, 4.69) is 10.3 Å². The average molecular weight is 366 g/mol. The molecule has 1 amide bonds. The fourth-order valence-corrected chi connectivity index (χ4v) is 3.30. The lowest BCUT2D eigenvalue weighted by molar-refractivity contribution is 0.0713. The van der Waals surface area contributed by atoms with Crippen LogP contribution in [0.5, 0.6) is 5.75 Å². The Bertz CT molecular complexity index is 928. The summed E-state index contributed by atoms with van der Waals surface area (Å²) in [6.45, 7) is 2.89. The smallest absolute Gasteiger partial charge is 0.266 e. The predicted octanol–water partition coefficient (Wildman–Crippen LogP) is 2.28. The molecule has 2 heterocycles. The third-order valence-corrected chi connectivity index (χ3v) is 4.76. The Labute approximate surface area is 157 Å². The highest BCUT2D eigenvalue weighted by atomic mass is 16.5. The van der Waals surface area contributed by atoms with Crippen molar-refractivity contribution in [2.75, 3.05) is 25.5 Å². The number of aryl methyl sites for hydroxylation is 1. The zero-order valence-electron chi connectivity index (χ0n) is 15.4. The van der Waals surface area contributed by atoms with E-state index in [9.17, 15) is 9.59 Å². The van der Waals surface area contributed by atoms with E-state index in [1.165, 1.54) is 6.07 Å². The first-order valence-electron chi connectivity index (χ1n) is 8.85. The molecule has 1 fully saturated rings. The van der Waals surface area contributed by atoms with Crippen LogP contribution in [0.3, 0.4) is 0 Å². The van der Waals surface area contributed by atoms with E-state index in [-0.39, 0.29) is 17.5 Å². The van der Waals surface area contributed by atoms with Crippen LogP contribution in [-0.4, -0.2) is 42.0 Å². The molecule has 0 spiro atoms. The summed E-state index contributed by atoms with van der Waals surface area (Å²) in [6, 6.07) is 11.0. The first-order chi connectivity index (χ1) is 13.0. The van der Waals surface area contributed by atoms with E-state index in [0.29, 0.717) is 24.3 Å². The van der Waals surface area contributed by atoms with Crippen LogP contribution in [0, 0.1) is 18.3 Å². The lowest BCUT2D eigenvalue weighted by atomic mass is 10.0. The number of nitrogens with one attached hydrogen (secondary N) is 2. The second-order valence-electron chi connectivity index (χ2n) is 6.63. The van der Waals surface area contributed by atoms with Crippen molar-refractivity contribution in [3.8, 4) is 11.8 Å². The lowest BCUT2D eigenvalue weighted by Gasteiger charge is -2.34. The van der Waals surface area contributed by atoms with Crippen LogP contribution in [0.4, 0.5) is 5.69 Å². The van der Waals surface area contributed by atoms with Gasteiger partial charge in [-0.1, -0.05) is 0 Å². The second kappa shape index (κ2) is 7.96. The van der Waals surface area contributed by atoms with Crippen LogP contribution < -0.4 is 15.6 Å². The number of carbonyl (C=O) groups excluding carboxylic acids is 1. The van der Waals surface area contributed by atoms with Gasteiger partial charge in [-0.05, 0) is 50.1 Å². The molecular formula is C20H22N4O3. The molecule has 1 aromatic heterocycles. The second-order valence-corrected chi connectivity index (χ2v) is 6.63. The number of carbonyl (C=O) groups is 1. The highest BCUT2D eigenvalue weighted by molar-refractivity contribution is 5.95. The zero-order valence-corrected chi connectivity index (χ0v) is 15.4. The molecule has 1 aliphatic rings. The SMILES string of the molecule is COc1ccc(N[C@H]2CCCN(C(=O)c3cc(C#N)c(=O)[nH]c3C)C2)cc1. The molecule has 0 unspecified atom stereocenters. The Balaban J connectivity index is 1.73. The Morgan fingerprint density at radius 3 is 2.78 bits per heavy atom. The fraction of sp³-hybridized carbons (Fsp3) is 0.350. The largest absolute Gasteiger partial charge is 0.497 e. The summed E-state index contributed by atoms with van der Waals surface area (Å²) in [5, 5.41) is 12.5. The summed E-state index contributed by atoms with van der Waals surface area (Å²) in [4.78, 5) is 29.0. The number of nitriles is 1. The van der Waals surface area contributed by atoms with Crippen LogP contribution in [0.15, 0.2) is 35.1 Å². The summed E-state index contributed by atoms with van der Waals surface area (Å²) in [6.07, 6.45) is 1.84. The minimum Gasteiger partial charge on any atom is -0.497 e. The number of rotatable bonds is 4. The quantitative estimate of drug-likeness (QED) is 0.865. The minimum atomic E-state index is -0.468. The van der Waals surface area contributed by atoms with Crippen molar-refractivity contribution in [3.05, 3.63) is 57.5 Å². The van der Waals surface area contributed by atoms with Crippen LogP contribution in [0.25, 0.3) is 0 Å². The molecule has 2 N–H and O–H groups in total. The van der Waals surface area contributed by atoms with Crippen LogP contribution in [-0.2, 0) is 0 Å². The van der Waals surface area contributed by atoms with E-state index in [4.69, 9.17) is 10.00 Å². The fourth-order valence-electron chi connectivity index (χ4n) is 3.30. The topological polar surface area (TPSA) is 98.2 Å². The Morgan fingerprint density at radius 1 is 1.37 bits per heavy atom. The first kappa shape index (κ1) is 18.5. The van der Waals surface area contributed by atoms with Crippen molar-refractivity contribution in [1.82, 2.24) is 9.88 Å². The van der Waals surface area contributed by atoms with Crippen molar-refractivity contribution in [1.29, 1.82) is 5.26 Å². The summed E-state index contributed by atoms with van der Waals surface area (Å²) < 4.78 is 5.17. The van der Waals surface area contributed by atoms with Gasteiger partial charge in [0.15, 0.2) is 0 Å². The van der Waals surface area contributed by atoms with Gasteiger partial charge in [0.2, 0.25) is 0 Å². The number of nitrogens with zero attached hydrogens (tertiary/aromatic N) is 2. The lowest BCUT2D eigenvalue weighted by Crippen LogP contribution is -2.45. The molecule has 3 rings (SSSR count). The number of amides is 1. The summed E-state index contributed by atoms with van der Waals surface area (Å²) in [5.74, 6) is 0.629. The first-order valence-corrected chi connectivity index (χ1v) is 8.85. The number of hydrogen-bond acceptors (Lipinski definition) is 5. The standard InChI is InChI=1S/C20H22N4O3/c1-13-18(10-14(11-21)19(25)22-13)20(26)24-9-3-4-16(12-24)23-15-5-7-17(27-2)8-6-15/h5-8,10,16,23H,3-4,9,12H2,1-2H3,(H,22,25)/t16-/m0/s1. The number of anilines is 1.